The number of rotatable bonds is 6. The first kappa shape index (κ1) is 20.2. The first-order chi connectivity index (χ1) is 14.7. The monoisotopic (exact) mass is 404 g/mol. The molecule has 1 fully saturated rings. The van der Waals surface area contributed by atoms with Crippen LogP contribution in [0.2, 0.25) is 0 Å². The number of likely N-dealkylation sites (N-methyl/N-ethyl adjacent to an activating group) is 1. The van der Waals surface area contributed by atoms with Crippen LogP contribution in [0.4, 0.5) is 0 Å². The number of benzene rings is 2. The van der Waals surface area contributed by atoms with Crippen molar-refractivity contribution in [3.63, 3.8) is 0 Å². The lowest BCUT2D eigenvalue weighted by molar-refractivity contribution is 0.0596. The molecule has 1 saturated heterocycles. The minimum Gasteiger partial charge on any atom is -0.496 e. The van der Waals surface area contributed by atoms with Crippen molar-refractivity contribution in [2.75, 3.05) is 27.2 Å². The van der Waals surface area contributed by atoms with E-state index < -0.39 is 0 Å². The molecule has 1 aliphatic rings. The Balaban J connectivity index is 1.44. The molecule has 2 heterocycles. The first-order valence-electron chi connectivity index (χ1n) is 10.4. The van der Waals surface area contributed by atoms with Crippen molar-refractivity contribution >= 4 is 5.91 Å². The number of carbonyl (C=O) groups is 1. The lowest BCUT2D eigenvalue weighted by atomic mass is 10.0. The summed E-state index contributed by atoms with van der Waals surface area (Å²) in [7, 11) is 3.78. The maximum atomic E-state index is 13.1. The largest absolute Gasteiger partial charge is 0.496 e. The van der Waals surface area contributed by atoms with Gasteiger partial charge in [0.1, 0.15) is 11.4 Å². The number of nitrogens with zero attached hydrogens (tertiary/aromatic N) is 3. The molecule has 156 valence electrons. The van der Waals surface area contributed by atoms with Crippen LogP contribution in [0.15, 0.2) is 60.7 Å². The quantitative estimate of drug-likeness (QED) is 0.678. The molecule has 6 heteroatoms. The third-order valence-electron chi connectivity index (χ3n) is 5.77. The van der Waals surface area contributed by atoms with Crippen molar-refractivity contribution in [2.45, 2.75) is 25.4 Å². The van der Waals surface area contributed by atoms with Crippen molar-refractivity contribution in [3.05, 3.63) is 71.9 Å². The van der Waals surface area contributed by atoms with Crippen molar-refractivity contribution in [3.8, 4) is 17.0 Å². The number of hydrogen-bond acceptors (Lipinski definition) is 4. The highest BCUT2D eigenvalue weighted by Gasteiger charge is 2.28. The highest BCUT2D eigenvalue weighted by atomic mass is 16.5. The van der Waals surface area contributed by atoms with Crippen molar-refractivity contribution < 1.29 is 9.53 Å². The molecule has 1 aliphatic heterocycles. The molecule has 0 spiro atoms. The predicted molar refractivity (Wildman–Crippen MR) is 117 cm³/mol. The van der Waals surface area contributed by atoms with Crippen molar-refractivity contribution in [1.82, 2.24) is 20.0 Å². The fraction of sp³-hybridized carbons (Fsp3) is 0.333. The fourth-order valence-electron chi connectivity index (χ4n) is 4.10. The Morgan fingerprint density at radius 2 is 1.97 bits per heavy atom. The molecule has 0 saturated carbocycles. The lowest BCUT2D eigenvalue weighted by Gasteiger charge is -2.37. The number of H-pyrrole nitrogens is 1. The van der Waals surface area contributed by atoms with Gasteiger partial charge in [-0.1, -0.05) is 42.5 Å². The van der Waals surface area contributed by atoms with Crippen molar-refractivity contribution in [1.29, 1.82) is 0 Å². The number of aromatic nitrogens is 2. The van der Waals surface area contributed by atoms with E-state index in [9.17, 15) is 4.79 Å². The van der Waals surface area contributed by atoms with Crippen LogP contribution in [0.3, 0.4) is 0 Å². The van der Waals surface area contributed by atoms with Crippen LogP contribution in [-0.4, -0.2) is 59.2 Å². The molecule has 4 rings (SSSR count). The Bertz CT molecular complexity index is 986. The summed E-state index contributed by atoms with van der Waals surface area (Å²) in [5, 5.41) is 7.28. The van der Waals surface area contributed by atoms with E-state index in [1.165, 1.54) is 5.56 Å². The van der Waals surface area contributed by atoms with Crippen LogP contribution in [0.25, 0.3) is 11.3 Å². The van der Waals surface area contributed by atoms with Gasteiger partial charge >= 0.3 is 0 Å². The fourth-order valence-corrected chi connectivity index (χ4v) is 4.10. The molecular weight excluding hydrogens is 376 g/mol. The third-order valence-corrected chi connectivity index (χ3v) is 5.77. The molecule has 1 amide bonds. The summed E-state index contributed by atoms with van der Waals surface area (Å²) in [6, 6.07) is 20.3. The molecule has 30 heavy (non-hydrogen) atoms. The summed E-state index contributed by atoms with van der Waals surface area (Å²) in [4.78, 5) is 17.4. The number of ether oxygens (including phenoxy) is 1. The molecule has 0 bridgehead atoms. The minimum absolute atomic E-state index is 0.00135. The Hall–Kier alpha value is -3.12. The molecule has 0 aliphatic carbocycles. The maximum absolute atomic E-state index is 13.1. The van der Waals surface area contributed by atoms with E-state index in [-0.39, 0.29) is 5.91 Å². The Kier molecular flexibility index (Phi) is 6.14. The third kappa shape index (κ3) is 4.39. The van der Waals surface area contributed by atoms with Crippen LogP contribution < -0.4 is 4.74 Å². The zero-order valence-corrected chi connectivity index (χ0v) is 17.5. The summed E-state index contributed by atoms with van der Waals surface area (Å²) in [6.45, 7) is 2.39. The van der Waals surface area contributed by atoms with Gasteiger partial charge in [0.25, 0.3) is 5.91 Å². The standard InChI is InChI=1S/C24H28N4O2/c1-27(16-18-9-4-3-5-10-18)19-11-8-14-28(17-19)24(29)22-15-21(25-26-22)20-12-6-7-13-23(20)30-2/h3-7,9-10,12-13,15,19H,8,11,14,16-17H2,1-2H3,(H,25,26). The zero-order valence-electron chi connectivity index (χ0n) is 17.5. The molecular formula is C24H28N4O2. The number of piperidine rings is 1. The lowest BCUT2D eigenvalue weighted by Crippen LogP contribution is -2.48. The van der Waals surface area contributed by atoms with Crippen LogP contribution in [0.1, 0.15) is 28.9 Å². The average Bonchev–Trinajstić information content (AvgIpc) is 3.29. The van der Waals surface area contributed by atoms with Gasteiger partial charge in [-0.25, -0.2) is 0 Å². The van der Waals surface area contributed by atoms with Gasteiger partial charge in [0, 0.05) is 31.2 Å². The molecule has 6 nitrogen and oxygen atoms in total. The molecule has 1 aromatic heterocycles. The normalized spacial score (nSPS) is 16.6. The van der Waals surface area contributed by atoms with Gasteiger partial charge in [-0.05, 0) is 43.7 Å². The van der Waals surface area contributed by atoms with E-state index in [1.54, 1.807) is 7.11 Å². The highest BCUT2D eigenvalue weighted by molar-refractivity contribution is 5.93. The number of methoxy groups -OCH3 is 1. The molecule has 0 radical (unpaired) electrons. The number of hydrogen-bond donors (Lipinski definition) is 1. The predicted octanol–water partition coefficient (Wildman–Crippen LogP) is 3.82. The van der Waals surface area contributed by atoms with E-state index in [4.69, 9.17) is 4.74 Å². The summed E-state index contributed by atoms with van der Waals surface area (Å²) in [5.74, 6) is 0.741. The van der Waals surface area contributed by atoms with Gasteiger partial charge in [-0.2, -0.15) is 5.10 Å². The molecule has 1 unspecified atom stereocenters. The number of nitrogens with one attached hydrogen (secondary N) is 1. The van der Waals surface area contributed by atoms with E-state index in [0.29, 0.717) is 17.4 Å². The smallest absolute Gasteiger partial charge is 0.271 e. The summed E-state index contributed by atoms with van der Waals surface area (Å²) < 4.78 is 5.42. The van der Waals surface area contributed by atoms with Crippen LogP contribution in [0, 0.1) is 0 Å². The average molecular weight is 405 g/mol. The van der Waals surface area contributed by atoms with Crippen molar-refractivity contribution in [2.24, 2.45) is 0 Å². The molecule has 1 N–H and O–H groups in total. The summed E-state index contributed by atoms with van der Waals surface area (Å²) in [6.07, 6.45) is 2.10. The maximum Gasteiger partial charge on any atom is 0.271 e. The molecule has 3 aromatic rings. The van der Waals surface area contributed by atoms with Crippen LogP contribution in [0.5, 0.6) is 5.75 Å². The minimum atomic E-state index is 0.00135. The van der Waals surface area contributed by atoms with Gasteiger partial charge in [0.15, 0.2) is 0 Å². The number of para-hydroxylation sites is 1. The van der Waals surface area contributed by atoms with E-state index in [0.717, 1.165) is 43.8 Å². The Morgan fingerprint density at radius 3 is 2.77 bits per heavy atom. The SMILES string of the molecule is COc1ccccc1-c1cc(C(=O)N2CCCC(N(C)Cc3ccccc3)C2)[nH]n1. The molecule has 2 aromatic carbocycles. The summed E-state index contributed by atoms with van der Waals surface area (Å²) in [5.41, 5.74) is 3.39. The number of carbonyl (C=O) groups excluding carboxylic acids is 1. The van der Waals surface area contributed by atoms with E-state index in [1.807, 2.05) is 41.3 Å². The number of aromatic amines is 1. The first-order valence-corrected chi connectivity index (χ1v) is 10.4. The summed E-state index contributed by atoms with van der Waals surface area (Å²) >= 11 is 0. The zero-order chi connectivity index (χ0) is 20.9. The van der Waals surface area contributed by atoms with Gasteiger partial charge in [0.2, 0.25) is 0 Å². The van der Waals surface area contributed by atoms with Gasteiger partial charge in [-0.15, -0.1) is 0 Å². The van der Waals surface area contributed by atoms with Gasteiger partial charge in [0.05, 0.1) is 12.8 Å². The number of amides is 1. The van der Waals surface area contributed by atoms with Crippen LogP contribution in [-0.2, 0) is 6.54 Å². The highest BCUT2D eigenvalue weighted by Crippen LogP contribution is 2.29. The van der Waals surface area contributed by atoms with Gasteiger partial charge in [-0.3, -0.25) is 14.8 Å². The number of likely N-dealkylation sites (tertiary alicyclic amines) is 1. The second-order valence-corrected chi connectivity index (χ2v) is 7.82. The molecule has 1 atom stereocenters. The Labute approximate surface area is 177 Å². The van der Waals surface area contributed by atoms with Gasteiger partial charge < -0.3 is 9.64 Å². The Morgan fingerprint density at radius 1 is 1.20 bits per heavy atom. The topological polar surface area (TPSA) is 61.5 Å². The second kappa shape index (κ2) is 9.13. The van der Waals surface area contributed by atoms with E-state index in [2.05, 4.69) is 46.4 Å². The van der Waals surface area contributed by atoms with Crippen LogP contribution >= 0.6 is 0 Å². The second-order valence-electron chi connectivity index (χ2n) is 7.82. The van der Waals surface area contributed by atoms with E-state index >= 15 is 0 Å².